The van der Waals surface area contributed by atoms with Crippen molar-refractivity contribution in [2.45, 2.75) is 13.3 Å². The molecule has 104 valence electrons. The highest BCUT2D eigenvalue weighted by Crippen LogP contribution is 2.25. The zero-order valence-corrected chi connectivity index (χ0v) is 12.9. The third-order valence-corrected chi connectivity index (χ3v) is 3.22. The van der Waals surface area contributed by atoms with Crippen molar-refractivity contribution in [1.29, 1.82) is 0 Å². The molecule has 0 spiro atoms. The van der Waals surface area contributed by atoms with Gasteiger partial charge in [-0.15, -0.1) is 0 Å². The molecule has 0 aliphatic carbocycles. The predicted molar refractivity (Wildman–Crippen MR) is 87.6 cm³/mol. The van der Waals surface area contributed by atoms with Crippen molar-refractivity contribution in [3.63, 3.8) is 0 Å². The van der Waals surface area contributed by atoms with Crippen LogP contribution in [-0.4, -0.2) is 12.8 Å². The second-order valence-electron chi connectivity index (χ2n) is 4.27. The van der Waals surface area contributed by atoms with Gasteiger partial charge in [-0.3, -0.25) is 5.43 Å². The van der Waals surface area contributed by atoms with Crippen molar-refractivity contribution < 1.29 is 4.74 Å². The van der Waals surface area contributed by atoms with E-state index in [0.717, 1.165) is 34.5 Å². The molecule has 0 aliphatic rings. The molecular weight excluding hydrogens is 316 g/mol. The minimum atomic E-state index is 0.724. The maximum Gasteiger partial charge on any atom is 0.133 e. The minimum Gasteiger partial charge on any atom is -0.492 e. The van der Waals surface area contributed by atoms with E-state index in [0.29, 0.717) is 0 Å². The average molecular weight is 333 g/mol. The van der Waals surface area contributed by atoms with Crippen molar-refractivity contribution in [2.75, 3.05) is 12.0 Å². The molecule has 0 aliphatic heterocycles. The van der Waals surface area contributed by atoms with Crippen molar-refractivity contribution in [3.05, 3.63) is 58.6 Å². The van der Waals surface area contributed by atoms with E-state index in [4.69, 9.17) is 4.74 Å². The lowest BCUT2D eigenvalue weighted by Crippen LogP contribution is -1.96. The normalized spacial score (nSPS) is 10.7. The second-order valence-corrected chi connectivity index (χ2v) is 5.13. The lowest BCUT2D eigenvalue weighted by atomic mass is 10.2. The van der Waals surface area contributed by atoms with Gasteiger partial charge in [0.2, 0.25) is 0 Å². The number of hydrazone groups is 1. The number of halogens is 1. The minimum absolute atomic E-state index is 0.724. The van der Waals surface area contributed by atoms with Crippen LogP contribution in [0.3, 0.4) is 0 Å². The SMILES string of the molecule is CCCOc1ccc(/C=N/Nc2ccccc2)cc1Br. The first-order chi connectivity index (χ1) is 9.79. The first kappa shape index (κ1) is 14.6. The number of hydrogen-bond acceptors (Lipinski definition) is 3. The fourth-order valence-corrected chi connectivity index (χ4v) is 2.13. The number of hydrogen-bond donors (Lipinski definition) is 1. The number of benzene rings is 2. The molecule has 1 N–H and O–H groups in total. The van der Waals surface area contributed by atoms with Gasteiger partial charge < -0.3 is 4.74 Å². The quantitative estimate of drug-likeness (QED) is 0.615. The smallest absolute Gasteiger partial charge is 0.133 e. The lowest BCUT2D eigenvalue weighted by Gasteiger charge is -2.07. The van der Waals surface area contributed by atoms with Crippen LogP contribution in [0, 0.1) is 0 Å². The Morgan fingerprint density at radius 2 is 2.00 bits per heavy atom. The number of para-hydroxylation sites is 1. The van der Waals surface area contributed by atoms with E-state index < -0.39 is 0 Å². The summed E-state index contributed by atoms with van der Waals surface area (Å²) in [6.45, 7) is 2.81. The van der Waals surface area contributed by atoms with Gasteiger partial charge in [-0.2, -0.15) is 5.10 Å². The molecule has 0 saturated heterocycles. The van der Waals surface area contributed by atoms with Crippen LogP contribution in [0.25, 0.3) is 0 Å². The summed E-state index contributed by atoms with van der Waals surface area (Å²) in [4.78, 5) is 0. The van der Waals surface area contributed by atoms with Gasteiger partial charge in [0, 0.05) is 0 Å². The van der Waals surface area contributed by atoms with E-state index in [1.54, 1.807) is 6.21 Å². The number of ether oxygens (including phenoxy) is 1. The van der Waals surface area contributed by atoms with Crippen LogP contribution < -0.4 is 10.2 Å². The third-order valence-electron chi connectivity index (χ3n) is 2.60. The summed E-state index contributed by atoms with van der Waals surface area (Å²) >= 11 is 3.51. The number of anilines is 1. The fourth-order valence-electron chi connectivity index (χ4n) is 1.62. The highest BCUT2D eigenvalue weighted by Gasteiger charge is 2.01. The van der Waals surface area contributed by atoms with E-state index >= 15 is 0 Å². The summed E-state index contributed by atoms with van der Waals surface area (Å²) in [5.74, 6) is 0.861. The summed E-state index contributed by atoms with van der Waals surface area (Å²) in [6.07, 6.45) is 2.78. The average Bonchev–Trinajstić information content (AvgIpc) is 2.47. The standard InChI is InChI=1S/C16H17BrN2O/c1-2-10-20-16-9-8-13(11-15(16)17)12-18-19-14-6-4-3-5-7-14/h3-9,11-12,19H,2,10H2,1H3/b18-12+. The molecule has 20 heavy (non-hydrogen) atoms. The third kappa shape index (κ3) is 4.38. The first-order valence-electron chi connectivity index (χ1n) is 6.56. The van der Waals surface area contributed by atoms with Crippen LogP contribution in [0.1, 0.15) is 18.9 Å². The van der Waals surface area contributed by atoms with Crippen LogP contribution >= 0.6 is 15.9 Å². The van der Waals surface area contributed by atoms with E-state index in [-0.39, 0.29) is 0 Å². The molecule has 4 heteroatoms. The topological polar surface area (TPSA) is 33.6 Å². The first-order valence-corrected chi connectivity index (χ1v) is 7.35. The lowest BCUT2D eigenvalue weighted by molar-refractivity contribution is 0.315. The highest BCUT2D eigenvalue weighted by atomic mass is 79.9. The van der Waals surface area contributed by atoms with E-state index in [2.05, 4.69) is 33.4 Å². The molecule has 0 heterocycles. The zero-order chi connectivity index (χ0) is 14.2. The van der Waals surface area contributed by atoms with Crippen LogP contribution in [0.2, 0.25) is 0 Å². The molecule has 0 aromatic heterocycles. The largest absolute Gasteiger partial charge is 0.492 e. The molecule has 0 amide bonds. The van der Waals surface area contributed by atoms with Crippen LogP contribution in [0.15, 0.2) is 58.1 Å². The molecule has 0 saturated carbocycles. The molecule has 2 aromatic carbocycles. The number of nitrogens with one attached hydrogen (secondary N) is 1. The molecule has 0 bridgehead atoms. The summed E-state index contributed by atoms with van der Waals surface area (Å²) in [7, 11) is 0. The van der Waals surface area contributed by atoms with Crippen molar-refractivity contribution in [1.82, 2.24) is 0 Å². The Hall–Kier alpha value is -1.81. The Bertz CT molecular complexity index is 570. The Morgan fingerprint density at radius 1 is 1.20 bits per heavy atom. The van der Waals surface area contributed by atoms with Crippen LogP contribution in [-0.2, 0) is 0 Å². The molecule has 3 nitrogen and oxygen atoms in total. The molecule has 0 fully saturated rings. The Labute approximate surface area is 127 Å². The summed E-state index contributed by atoms with van der Waals surface area (Å²) in [6, 6.07) is 15.8. The summed E-state index contributed by atoms with van der Waals surface area (Å²) in [5.41, 5.74) is 4.95. The summed E-state index contributed by atoms with van der Waals surface area (Å²) < 4.78 is 6.55. The fraction of sp³-hybridized carbons (Fsp3) is 0.188. The number of nitrogens with zero attached hydrogens (tertiary/aromatic N) is 1. The molecule has 2 aromatic rings. The molecule has 0 unspecified atom stereocenters. The van der Waals surface area contributed by atoms with Gasteiger partial charge in [-0.25, -0.2) is 0 Å². The van der Waals surface area contributed by atoms with Crippen LogP contribution in [0.5, 0.6) is 5.75 Å². The Morgan fingerprint density at radius 3 is 2.70 bits per heavy atom. The van der Waals surface area contributed by atoms with Gasteiger partial charge in [0.15, 0.2) is 0 Å². The highest BCUT2D eigenvalue weighted by molar-refractivity contribution is 9.10. The summed E-state index contributed by atoms with van der Waals surface area (Å²) in [5, 5.41) is 4.21. The second kappa shape index (κ2) is 7.70. The zero-order valence-electron chi connectivity index (χ0n) is 11.3. The Kier molecular flexibility index (Phi) is 5.62. The maximum absolute atomic E-state index is 5.61. The van der Waals surface area contributed by atoms with Crippen molar-refractivity contribution >= 4 is 27.8 Å². The molecule has 2 rings (SSSR count). The number of rotatable bonds is 6. The van der Waals surface area contributed by atoms with E-state index in [1.165, 1.54) is 0 Å². The van der Waals surface area contributed by atoms with Crippen molar-refractivity contribution in [2.24, 2.45) is 5.10 Å². The van der Waals surface area contributed by atoms with Gasteiger partial charge in [0.1, 0.15) is 5.75 Å². The van der Waals surface area contributed by atoms with Gasteiger partial charge in [0.05, 0.1) is 23.0 Å². The van der Waals surface area contributed by atoms with Gasteiger partial charge in [0.25, 0.3) is 0 Å². The van der Waals surface area contributed by atoms with Crippen molar-refractivity contribution in [3.8, 4) is 5.75 Å². The van der Waals surface area contributed by atoms with E-state index in [9.17, 15) is 0 Å². The van der Waals surface area contributed by atoms with Gasteiger partial charge in [-0.05, 0) is 58.2 Å². The molecular formula is C16H17BrN2O. The maximum atomic E-state index is 5.61. The Balaban J connectivity index is 1.97. The van der Waals surface area contributed by atoms with Gasteiger partial charge in [-0.1, -0.05) is 25.1 Å². The molecule has 0 atom stereocenters. The van der Waals surface area contributed by atoms with Gasteiger partial charge >= 0.3 is 0 Å². The van der Waals surface area contributed by atoms with Crippen LogP contribution in [0.4, 0.5) is 5.69 Å². The predicted octanol–water partition coefficient (Wildman–Crippen LogP) is 4.68. The van der Waals surface area contributed by atoms with E-state index in [1.807, 2.05) is 48.5 Å². The molecule has 0 radical (unpaired) electrons. The monoisotopic (exact) mass is 332 g/mol.